The van der Waals surface area contributed by atoms with E-state index in [1.165, 1.54) is 36.4 Å². The van der Waals surface area contributed by atoms with Gasteiger partial charge in [0.15, 0.2) is 0 Å². The molecule has 2 aliphatic rings. The summed E-state index contributed by atoms with van der Waals surface area (Å²) in [6, 6.07) is 15.7. The number of amides is 6. The number of anilines is 1. The van der Waals surface area contributed by atoms with Gasteiger partial charge in [-0.15, -0.1) is 0 Å². The molecule has 0 spiro atoms. The zero-order chi connectivity index (χ0) is 25.4. The van der Waals surface area contributed by atoms with Crippen LogP contribution in [-0.4, -0.2) is 42.0 Å². The number of fused-ring (bicyclic) bond motifs is 2. The van der Waals surface area contributed by atoms with E-state index in [0.717, 1.165) is 5.56 Å². The van der Waals surface area contributed by atoms with Crippen molar-refractivity contribution < 1.29 is 28.8 Å². The molecule has 10 nitrogen and oxygen atoms in total. The molecule has 0 atom stereocenters. The van der Waals surface area contributed by atoms with Gasteiger partial charge in [0, 0.05) is 23.4 Å². The molecule has 0 aliphatic carbocycles. The van der Waals surface area contributed by atoms with Crippen LogP contribution in [0.1, 0.15) is 67.7 Å². The van der Waals surface area contributed by atoms with Crippen molar-refractivity contribution in [2.45, 2.75) is 6.42 Å². The van der Waals surface area contributed by atoms with Crippen LogP contribution in [0.2, 0.25) is 0 Å². The van der Waals surface area contributed by atoms with E-state index in [9.17, 15) is 28.8 Å². The molecule has 36 heavy (non-hydrogen) atoms. The lowest BCUT2D eigenvalue weighted by Crippen LogP contribution is -2.26. The molecular weight excluding hydrogens is 464 g/mol. The fraction of sp³-hybridized carbons (Fsp3) is 0.0769. The number of hydrogen-bond donors (Lipinski definition) is 4. The SMILES string of the molecule is O=C(NCCc1ccc(NC(=O)c2ccc3c(c2)C(=O)NC3=O)cc1)c1ccc2c(c1)C(=O)NC2=O. The zero-order valence-corrected chi connectivity index (χ0v) is 18.6. The maximum Gasteiger partial charge on any atom is 0.258 e. The van der Waals surface area contributed by atoms with Crippen LogP contribution in [0, 0.1) is 0 Å². The van der Waals surface area contributed by atoms with Gasteiger partial charge >= 0.3 is 0 Å². The van der Waals surface area contributed by atoms with Crippen LogP contribution in [-0.2, 0) is 6.42 Å². The number of hydrogen-bond acceptors (Lipinski definition) is 6. The van der Waals surface area contributed by atoms with Crippen molar-refractivity contribution in [1.29, 1.82) is 0 Å². The Morgan fingerprint density at radius 3 is 1.67 bits per heavy atom. The predicted molar refractivity (Wildman–Crippen MR) is 127 cm³/mol. The average molecular weight is 482 g/mol. The lowest BCUT2D eigenvalue weighted by atomic mass is 10.0. The summed E-state index contributed by atoms with van der Waals surface area (Å²) in [7, 11) is 0. The van der Waals surface area contributed by atoms with Crippen molar-refractivity contribution in [2.75, 3.05) is 11.9 Å². The first-order chi connectivity index (χ1) is 17.3. The molecule has 3 aromatic carbocycles. The number of imide groups is 2. The minimum absolute atomic E-state index is 0.168. The van der Waals surface area contributed by atoms with Crippen LogP contribution in [0.4, 0.5) is 5.69 Å². The molecule has 0 fully saturated rings. The molecule has 178 valence electrons. The standard InChI is InChI=1S/C26H18N4O6/c31-21(14-3-7-17-19(11-14)25(35)29-23(17)33)27-10-9-13-1-5-16(6-2-13)28-22(32)15-4-8-18-20(12-15)26(36)30-24(18)34/h1-8,11-12H,9-10H2,(H,27,31)(H,28,32)(H,29,33,35)(H,30,34,36). The van der Waals surface area contributed by atoms with E-state index in [4.69, 9.17) is 0 Å². The topological polar surface area (TPSA) is 151 Å². The van der Waals surface area contributed by atoms with E-state index < -0.39 is 29.5 Å². The van der Waals surface area contributed by atoms with E-state index in [0.29, 0.717) is 18.7 Å². The minimum atomic E-state index is -0.530. The maximum atomic E-state index is 12.6. The summed E-state index contributed by atoms with van der Waals surface area (Å²) < 4.78 is 0. The molecule has 0 saturated heterocycles. The first-order valence-electron chi connectivity index (χ1n) is 11.0. The Balaban J connectivity index is 1.15. The van der Waals surface area contributed by atoms with Gasteiger partial charge in [0.1, 0.15) is 0 Å². The van der Waals surface area contributed by atoms with Crippen molar-refractivity contribution >= 4 is 41.1 Å². The monoisotopic (exact) mass is 482 g/mol. The highest BCUT2D eigenvalue weighted by molar-refractivity contribution is 6.23. The first kappa shape index (κ1) is 22.7. The summed E-state index contributed by atoms with van der Waals surface area (Å²) in [4.78, 5) is 71.8. The second-order valence-electron chi connectivity index (χ2n) is 8.24. The fourth-order valence-corrected chi connectivity index (χ4v) is 4.00. The summed E-state index contributed by atoms with van der Waals surface area (Å²) in [6.07, 6.45) is 0.526. The van der Waals surface area contributed by atoms with Crippen molar-refractivity contribution in [3.05, 3.63) is 99.6 Å². The summed E-state index contributed by atoms with van der Waals surface area (Å²) in [5.41, 5.74) is 2.83. The Bertz CT molecular complexity index is 1490. The second-order valence-corrected chi connectivity index (χ2v) is 8.24. The Morgan fingerprint density at radius 2 is 1.11 bits per heavy atom. The van der Waals surface area contributed by atoms with E-state index in [2.05, 4.69) is 21.3 Å². The summed E-state index contributed by atoms with van der Waals surface area (Å²) in [6.45, 7) is 0.336. The normalized spacial score (nSPS) is 13.6. The van der Waals surface area contributed by atoms with Gasteiger partial charge in [-0.25, -0.2) is 0 Å². The number of carbonyl (C=O) groups is 6. The van der Waals surface area contributed by atoms with Gasteiger partial charge in [-0.1, -0.05) is 12.1 Å². The molecule has 0 aromatic heterocycles. The van der Waals surface area contributed by atoms with E-state index in [1.807, 2.05) is 12.1 Å². The van der Waals surface area contributed by atoms with Crippen LogP contribution in [0.15, 0.2) is 60.7 Å². The third-order valence-electron chi connectivity index (χ3n) is 5.91. The van der Waals surface area contributed by atoms with E-state index >= 15 is 0 Å². The molecule has 3 aromatic rings. The number of carbonyl (C=O) groups excluding carboxylic acids is 6. The molecular formula is C26H18N4O6. The Hall–Kier alpha value is -5.12. The fourth-order valence-electron chi connectivity index (χ4n) is 4.00. The van der Waals surface area contributed by atoms with Gasteiger partial charge in [-0.2, -0.15) is 0 Å². The molecule has 4 N–H and O–H groups in total. The van der Waals surface area contributed by atoms with Gasteiger partial charge in [-0.3, -0.25) is 39.4 Å². The van der Waals surface area contributed by atoms with E-state index in [1.54, 1.807) is 12.1 Å². The quantitative estimate of drug-likeness (QED) is 0.393. The van der Waals surface area contributed by atoms with Gasteiger partial charge < -0.3 is 10.6 Å². The molecule has 0 saturated carbocycles. The number of rotatable bonds is 6. The molecule has 6 amide bonds. The summed E-state index contributed by atoms with van der Waals surface area (Å²) in [5.74, 6) is -2.79. The Kier molecular flexibility index (Phi) is 5.61. The van der Waals surface area contributed by atoms with Crippen molar-refractivity contribution in [2.24, 2.45) is 0 Å². The highest BCUT2D eigenvalue weighted by Gasteiger charge is 2.28. The lowest BCUT2D eigenvalue weighted by Gasteiger charge is -2.09. The molecule has 2 aliphatic heterocycles. The highest BCUT2D eigenvalue weighted by Crippen LogP contribution is 2.19. The summed E-state index contributed by atoms with van der Waals surface area (Å²) >= 11 is 0. The molecule has 2 heterocycles. The largest absolute Gasteiger partial charge is 0.352 e. The summed E-state index contributed by atoms with van der Waals surface area (Å²) in [5, 5.41) is 9.90. The maximum absolute atomic E-state index is 12.6. The molecule has 0 unspecified atom stereocenters. The number of benzene rings is 3. The second kappa shape index (κ2) is 8.91. The van der Waals surface area contributed by atoms with Crippen LogP contribution >= 0.6 is 0 Å². The van der Waals surface area contributed by atoms with Crippen molar-refractivity contribution in [3.63, 3.8) is 0 Å². The average Bonchev–Trinajstić information content (AvgIpc) is 3.33. The Morgan fingerprint density at radius 1 is 0.611 bits per heavy atom. The van der Waals surface area contributed by atoms with Crippen LogP contribution in [0.3, 0.4) is 0 Å². The highest BCUT2D eigenvalue weighted by atomic mass is 16.2. The van der Waals surface area contributed by atoms with Crippen LogP contribution < -0.4 is 21.3 Å². The van der Waals surface area contributed by atoms with Gasteiger partial charge in [-0.05, 0) is 60.5 Å². The smallest absolute Gasteiger partial charge is 0.258 e. The van der Waals surface area contributed by atoms with Gasteiger partial charge in [0.25, 0.3) is 35.4 Å². The predicted octanol–water partition coefficient (Wildman–Crippen LogP) is 1.68. The van der Waals surface area contributed by atoms with Crippen LogP contribution in [0.25, 0.3) is 0 Å². The van der Waals surface area contributed by atoms with E-state index in [-0.39, 0.29) is 39.3 Å². The third-order valence-corrected chi connectivity index (χ3v) is 5.91. The molecule has 0 radical (unpaired) electrons. The van der Waals surface area contributed by atoms with Crippen LogP contribution in [0.5, 0.6) is 0 Å². The first-order valence-corrected chi connectivity index (χ1v) is 11.0. The molecule has 10 heteroatoms. The lowest BCUT2D eigenvalue weighted by molar-refractivity contribution is 0.0863. The zero-order valence-electron chi connectivity index (χ0n) is 18.6. The van der Waals surface area contributed by atoms with Crippen molar-refractivity contribution in [3.8, 4) is 0 Å². The number of nitrogens with one attached hydrogen (secondary N) is 4. The van der Waals surface area contributed by atoms with Gasteiger partial charge in [0.2, 0.25) is 0 Å². The minimum Gasteiger partial charge on any atom is -0.352 e. The third kappa shape index (κ3) is 4.23. The van der Waals surface area contributed by atoms with Crippen molar-refractivity contribution in [1.82, 2.24) is 16.0 Å². The van der Waals surface area contributed by atoms with Gasteiger partial charge in [0.05, 0.1) is 22.3 Å². The molecule has 5 rings (SSSR count). The Labute approximate surface area is 204 Å². The molecule has 0 bridgehead atoms.